The van der Waals surface area contributed by atoms with E-state index in [1.165, 1.54) is 23.6 Å². The Bertz CT molecular complexity index is 1100. The van der Waals surface area contributed by atoms with E-state index in [1.54, 1.807) is 36.4 Å². The molecule has 1 atom stereocenters. The summed E-state index contributed by atoms with van der Waals surface area (Å²) in [5.41, 5.74) is 1.32. The lowest BCUT2D eigenvalue weighted by Gasteiger charge is -2.36. The van der Waals surface area contributed by atoms with Crippen molar-refractivity contribution in [2.45, 2.75) is 88.2 Å². The zero-order chi connectivity index (χ0) is 24.3. The minimum atomic E-state index is -3.87. The molecule has 0 unspecified atom stereocenters. The van der Waals surface area contributed by atoms with E-state index in [-0.39, 0.29) is 28.8 Å². The van der Waals surface area contributed by atoms with Crippen molar-refractivity contribution in [1.82, 2.24) is 5.32 Å². The Balaban J connectivity index is 1.66. The van der Waals surface area contributed by atoms with Crippen molar-refractivity contribution in [3.05, 3.63) is 54.1 Å². The Morgan fingerprint density at radius 2 is 1.62 bits per heavy atom. The number of hydrogen-bond acceptors (Lipinski definition) is 4. The lowest BCUT2D eigenvalue weighted by atomic mass is 9.86. The molecular weight excluding hydrogens is 448 g/mol. The van der Waals surface area contributed by atoms with Gasteiger partial charge in [-0.2, -0.15) is 0 Å². The summed E-state index contributed by atoms with van der Waals surface area (Å²) < 4.78 is 34.8. The summed E-state index contributed by atoms with van der Waals surface area (Å²) >= 11 is 0. The highest BCUT2D eigenvalue weighted by molar-refractivity contribution is 7.92. The first-order valence-electron chi connectivity index (χ1n) is 12.4. The number of benzene rings is 2. The maximum Gasteiger partial charge on any atom is 0.264 e. The normalized spacial score (nSPS) is 20.0. The number of carbonyl (C=O) groups excluding carboxylic acids is 1. The van der Waals surface area contributed by atoms with Crippen LogP contribution >= 0.6 is 0 Å². The standard InChI is InChI=1S/C27H36N2O4S/c1-27(2,3)20-16-17-24-23(18-20)29(34(31,32)22-14-10-7-11-15-22)19-25(33-24)26(30)28-21-12-8-5-4-6-9-13-21/h7,10-11,14-18,21,25H,4-6,8-9,12-13,19H2,1-3H3,(H,28,30)/t25-/m0/s1. The fourth-order valence-corrected chi connectivity index (χ4v) is 6.19. The molecule has 34 heavy (non-hydrogen) atoms. The number of amides is 1. The van der Waals surface area contributed by atoms with Gasteiger partial charge in [-0.3, -0.25) is 9.10 Å². The maximum atomic E-state index is 13.7. The van der Waals surface area contributed by atoms with Gasteiger partial charge in [0.2, 0.25) is 0 Å². The van der Waals surface area contributed by atoms with Gasteiger partial charge in [0.05, 0.1) is 17.1 Å². The second-order valence-electron chi connectivity index (χ2n) is 10.4. The molecule has 0 spiro atoms. The Kier molecular flexibility index (Phi) is 7.22. The van der Waals surface area contributed by atoms with Crippen LogP contribution in [0.4, 0.5) is 5.69 Å². The first-order valence-corrected chi connectivity index (χ1v) is 13.8. The topological polar surface area (TPSA) is 75.7 Å². The molecule has 1 fully saturated rings. The highest BCUT2D eigenvalue weighted by Gasteiger charge is 2.38. The summed E-state index contributed by atoms with van der Waals surface area (Å²) in [5.74, 6) is 0.168. The highest BCUT2D eigenvalue weighted by atomic mass is 32.2. The zero-order valence-electron chi connectivity index (χ0n) is 20.4. The van der Waals surface area contributed by atoms with E-state index in [2.05, 4.69) is 26.1 Å². The van der Waals surface area contributed by atoms with Crippen LogP contribution in [0, 0.1) is 0 Å². The van der Waals surface area contributed by atoms with Gasteiger partial charge in [0.1, 0.15) is 5.75 Å². The van der Waals surface area contributed by atoms with Crippen LogP contribution in [0.3, 0.4) is 0 Å². The summed E-state index contributed by atoms with van der Waals surface area (Å²) in [5, 5.41) is 3.15. The van der Waals surface area contributed by atoms with Crippen LogP contribution in [0.2, 0.25) is 0 Å². The summed E-state index contributed by atoms with van der Waals surface area (Å²) in [7, 11) is -3.87. The number of fused-ring (bicyclic) bond motifs is 1. The van der Waals surface area contributed by atoms with Gasteiger partial charge >= 0.3 is 0 Å². The van der Waals surface area contributed by atoms with Gasteiger partial charge in [-0.15, -0.1) is 0 Å². The van der Waals surface area contributed by atoms with Crippen LogP contribution in [-0.4, -0.2) is 33.0 Å². The van der Waals surface area contributed by atoms with E-state index in [0.29, 0.717) is 11.4 Å². The smallest absolute Gasteiger partial charge is 0.264 e. The monoisotopic (exact) mass is 484 g/mol. The van der Waals surface area contributed by atoms with E-state index in [0.717, 1.165) is 31.2 Å². The second-order valence-corrected chi connectivity index (χ2v) is 12.3. The van der Waals surface area contributed by atoms with E-state index >= 15 is 0 Å². The first-order chi connectivity index (χ1) is 16.2. The van der Waals surface area contributed by atoms with Gasteiger partial charge in [-0.05, 0) is 48.1 Å². The van der Waals surface area contributed by atoms with Gasteiger partial charge in [0.15, 0.2) is 6.10 Å². The van der Waals surface area contributed by atoms with Crippen molar-refractivity contribution < 1.29 is 17.9 Å². The molecule has 184 valence electrons. The second kappa shape index (κ2) is 9.98. The minimum absolute atomic E-state index is 0.0591. The first kappa shape index (κ1) is 24.6. The Hall–Kier alpha value is -2.54. The molecule has 0 radical (unpaired) electrons. The number of sulfonamides is 1. The zero-order valence-corrected chi connectivity index (χ0v) is 21.2. The molecule has 1 aliphatic carbocycles. The number of carbonyl (C=O) groups is 1. The van der Waals surface area contributed by atoms with Crippen molar-refractivity contribution in [1.29, 1.82) is 0 Å². The molecule has 1 heterocycles. The summed E-state index contributed by atoms with van der Waals surface area (Å²) in [4.78, 5) is 13.4. The molecule has 6 nitrogen and oxygen atoms in total. The number of hydrogen-bond donors (Lipinski definition) is 1. The molecule has 0 aromatic heterocycles. The molecule has 0 saturated heterocycles. The van der Waals surface area contributed by atoms with Crippen LogP contribution in [0.1, 0.15) is 71.3 Å². The van der Waals surface area contributed by atoms with Crippen molar-refractivity contribution in [2.75, 3.05) is 10.8 Å². The predicted molar refractivity (Wildman–Crippen MR) is 135 cm³/mol. The van der Waals surface area contributed by atoms with Crippen LogP contribution < -0.4 is 14.4 Å². The Morgan fingerprint density at radius 3 is 2.26 bits per heavy atom. The van der Waals surface area contributed by atoms with Gasteiger partial charge in [-0.25, -0.2) is 8.42 Å². The highest BCUT2D eigenvalue weighted by Crippen LogP contribution is 2.40. The van der Waals surface area contributed by atoms with E-state index < -0.39 is 16.1 Å². The number of anilines is 1. The van der Waals surface area contributed by atoms with Crippen LogP contribution in [-0.2, 0) is 20.2 Å². The molecule has 1 saturated carbocycles. The van der Waals surface area contributed by atoms with E-state index in [9.17, 15) is 13.2 Å². The Morgan fingerprint density at radius 1 is 0.971 bits per heavy atom. The van der Waals surface area contributed by atoms with Crippen LogP contribution in [0.5, 0.6) is 5.75 Å². The van der Waals surface area contributed by atoms with Crippen molar-refractivity contribution in [3.63, 3.8) is 0 Å². The summed E-state index contributed by atoms with van der Waals surface area (Å²) in [6.45, 7) is 6.19. The van der Waals surface area contributed by atoms with Gasteiger partial charge in [0, 0.05) is 6.04 Å². The molecule has 1 N–H and O–H groups in total. The average Bonchev–Trinajstić information content (AvgIpc) is 2.79. The largest absolute Gasteiger partial charge is 0.476 e. The molecule has 2 aliphatic rings. The maximum absolute atomic E-state index is 13.7. The summed E-state index contributed by atoms with van der Waals surface area (Å²) in [6.07, 6.45) is 6.85. The van der Waals surface area contributed by atoms with Gasteiger partial charge < -0.3 is 10.1 Å². The summed E-state index contributed by atoms with van der Waals surface area (Å²) in [6, 6.07) is 14.1. The molecule has 4 rings (SSSR count). The lowest BCUT2D eigenvalue weighted by Crippen LogP contribution is -2.52. The minimum Gasteiger partial charge on any atom is -0.476 e. The molecule has 1 amide bonds. The van der Waals surface area contributed by atoms with E-state index in [4.69, 9.17) is 4.74 Å². The number of nitrogens with one attached hydrogen (secondary N) is 1. The fourth-order valence-electron chi connectivity index (χ4n) is 4.70. The molecular formula is C27H36N2O4S. The van der Waals surface area contributed by atoms with Crippen molar-refractivity contribution >= 4 is 21.6 Å². The molecule has 2 aromatic carbocycles. The van der Waals surface area contributed by atoms with E-state index in [1.807, 2.05) is 12.1 Å². The third-order valence-corrected chi connectivity index (χ3v) is 8.56. The molecule has 7 heteroatoms. The SMILES string of the molecule is CC(C)(C)c1ccc2c(c1)N(S(=O)(=O)c1ccccc1)C[C@@H](C(=O)NC1CCCCCCC1)O2. The predicted octanol–water partition coefficient (Wildman–Crippen LogP) is 5.17. The van der Waals surface area contributed by atoms with Crippen molar-refractivity contribution in [2.24, 2.45) is 0 Å². The van der Waals surface area contributed by atoms with Crippen LogP contribution in [0.25, 0.3) is 0 Å². The number of nitrogens with zero attached hydrogens (tertiary/aromatic N) is 1. The quantitative estimate of drug-likeness (QED) is 0.650. The lowest BCUT2D eigenvalue weighted by molar-refractivity contribution is -0.128. The average molecular weight is 485 g/mol. The third kappa shape index (κ3) is 5.40. The van der Waals surface area contributed by atoms with Crippen LogP contribution in [0.15, 0.2) is 53.4 Å². The van der Waals surface area contributed by atoms with Crippen molar-refractivity contribution in [3.8, 4) is 5.75 Å². The number of rotatable bonds is 4. The molecule has 0 bridgehead atoms. The Labute approximate surface area is 203 Å². The number of ether oxygens (including phenoxy) is 1. The third-order valence-electron chi connectivity index (χ3n) is 6.77. The molecule has 2 aromatic rings. The van der Waals surface area contributed by atoms with Gasteiger partial charge in [0.25, 0.3) is 15.9 Å². The van der Waals surface area contributed by atoms with Gasteiger partial charge in [-0.1, -0.05) is 77.1 Å². The fraction of sp³-hybridized carbons (Fsp3) is 0.519. The molecule has 1 aliphatic heterocycles.